The number of Topliss-reactive ketones (excluding diaryl/α,β-unsaturated/α-hetero) is 1. The molecule has 1 heterocycles. The topological polar surface area (TPSA) is 55.4 Å². The molecular formula is C14H17NO3. The number of carbonyl (C=O) groups is 2. The first-order valence-electron chi connectivity index (χ1n) is 6.21. The molecule has 1 aromatic carbocycles. The Morgan fingerprint density at radius 1 is 1.17 bits per heavy atom. The molecule has 2 rings (SSSR count). The highest BCUT2D eigenvalue weighted by molar-refractivity contribution is 5.99. The molecule has 0 aliphatic carbocycles. The van der Waals surface area contributed by atoms with E-state index < -0.39 is 0 Å². The average Bonchev–Trinajstić information content (AvgIpc) is 2.46. The Labute approximate surface area is 106 Å². The van der Waals surface area contributed by atoms with Crippen molar-refractivity contribution in [1.82, 2.24) is 5.32 Å². The monoisotopic (exact) mass is 247 g/mol. The smallest absolute Gasteiger partial charge is 0.223 e. The summed E-state index contributed by atoms with van der Waals surface area (Å²) < 4.78 is 5.20. The lowest BCUT2D eigenvalue weighted by molar-refractivity contribution is -0.127. The number of benzene rings is 1. The number of carbonyl (C=O) groups excluding carboxylic acids is 2. The van der Waals surface area contributed by atoms with Crippen molar-refractivity contribution in [3.05, 3.63) is 35.9 Å². The van der Waals surface area contributed by atoms with E-state index in [1.54, 1.807) is 12.1 Å². The molecule has 1 aliphatic heterocycles. The van der Waals surface area contributed by atoms with Crippen LogP contribution < -0.4 is 5.32 Å². The second-order valence-corrected chi connectivity index (χ2v) is 4.39. The van der Waals surface area contributed by atoms with Gasteiger partial charge in [-0.05, 0) is 12.8 Å². The van der Waals surface area contributed by atoms with Crippen LogP contribution in [0.25, 0.3) is 0 Å². The summed E-state index contributed by atoms with van der Waals surface area (Å²) in [6.45, 7) is 1.33. The second-order valence-electron chi connectivity index (χ2n) is 4.39. The Morgan fingerprint density at radius 2 is 1.83 bits per heavy atom. The fourth-order valence-electron chi connectivity index (χ4n) is 2.00. The van der Waals surface area contributed by atoms with E-state index in [4.69, 9.17) is 4.74 Å². The molecule has 0 unspecified atom stereocenters. The molecule has 1 N–H and O–H groups in total. The highest BCUT2D eigenvalue weighted by atomic mass is 16.5. The quantitative estimate of drug-likeness (QED) is 0.818. The molecular weight excluding hydrogens is 230 g/mol. The fourth-order valence-corrected chi connectivity index (χ4v) is 2.00. The summed E-state index contributed by atoms with van der Waals surface area (Å²) >= 11 is 0. The summed E-state index contributed by atoms with van der Waals surface area (Å²) in [5.74, 6) is -0.110. The Bertz CT molecular complexity index is 410. The first-order valence-corrected chi connectivity index (χ1v) is 6.21. The molecule has 0 bridgehead atoms. The predicted molar refractivity (Wildman–Crippen MR) is 67.3 cm³/mol. The number of amides is 1. The fraction of sp³-hybridized carbons (Fsp3) is 0.429. The van der Waals surface area contributed by atoms with Crippen molar-refractivity contribution in [1.29, 1.82) is 0 Å². The molecule has 1 amide bonds. The number of ether oxygens (including phenoxy) is 1. The van der Waals surface area contributed by atoms with Crippen LogP contribution in [0.4, 0.5) is 0 Å². The zero-order chi connectivity index (χ0) is 12.8. The molecule has 1 aromatic rings. The summed E-state index contributed by atoms with van der Waals surface area (Å²) in [5.41, 5.74) is 0.629. The minimum absolute atomic E-state index is 0.0117. The highest BCUT2D eigenvalue weighted by Gasteiger charge is 2.21. The average molecular weight is 247 g/mol. The van der Waals surface area contributed by atoms with Gasteiger partial charge in [0.1, 0.15) is 0 Å². The Hall–Kier alpha value is -1.68. The van der Waals surface area contributed by atoms with Gasteiger partial charge in [0.15, 0.2) is 5.78 Å². The van der Waals surface area contributed by atoms with Crippen LogP contribution in [0.5, 0.6) is 0 Å². The molecule has 4 nitrogen and oxygen atoms in total. The first kappa shape index (κ1) is 12.8. The standard InChI is InChI=1S/C14H17NO3/c16-13(11-4-2-1-3-5-11)10-15-14(17)12-6-8-18-9-7-12/h1-5,12H,6-10H2,(H,15,17). The zero-order valence-electron chi connectivity index (χ0n) is 10.2. The van der Waals surface area contributed by atoms with E-state index in [1.807, 2.05) is 18.2 Å². The van der Waals surface area contributed by atoms with Gasteiger partial charge in [-0.1, -0.05) is 30.3 Å². The number of hydrogen-bond acceptors (Lipinski definition) is 3. The lowest BCUT2D eigenvalue weighted by atomic mass is 9.99. The first-order chi connectivity index (χ1) is 8.77. The number of hydrogen-bond donors (Lipinski definition) is 1. The van der Waals surface area contributed by atoms with Gasteiger partial charge in [0.05, 0.1) is 6.54 Å². The normalized spacial score (nSPS) is 16.2. The van der Waals surface area contributed by atoms with E-state index in [-0.39, 0.29) is 24.2 Å². The van der Waals surface area contributed by atoms with Crippen molar-refractivity contribution in [3.63, 3.8) is 0 Å². The molecule has 18 heavy (non-hydrogen) atoms. The van der Waals surface area contributed by atoms with Crippen molar-refractivity contribution in [2.24, 2.45) is 5.92 Å². The largest absolute Gasteiger partial charge is 0.381 e. The van der Waals surface area contributed by atoms with E-state index >= 15 is 0 Å². The van der Waals surface area contributed by atoms with E-state index in [2.05, 4.69) is 5.32 Å². The molecule has 0 aromatic heterocycles. The Balaban J connectivity index is 1.80. The van der Waals surface area contributed by atoms with Crippen LogP contribution in [0.1, 0.15) is 23.2 Å². The number of nitrogens with one attached hydrogen (secondary N) is 1. The SMILES string of the molecule is O=C(CNC(=O)C1CCOCC1)c1ccccc1. The van der Waals surface area contributed by atoms with Gasteiger partial charge in [-0.15, -0.1) is 0 Å². The van der Waals surface area contributed by atoms with Gasteiger partial charge in [0, 0.05) is 24.7 Å². The van der Waals surface area contributed by atoms with E-state index in [9.17, 15) is 9.59 Å². The van der Waals surface area contributed by atoms with Crippen LogP contribution in [-0.2, 0) is 9.53 Å². The maximum Gasteiger partial charge on any atom is 0.223 e. The van der Waals surface area contributed by atoms with Gasteiger partial charge < -0.3 is 10.1 Å². The molecule has 0 spiro atoms. The maximum absolute atomic E-state index is 11.8. The number of ketones is 1. The van der Waals surface area contributed by atoms with Crippen molar-refractivity contribution < 1.29 is 14.3 Å². The third-order valence-electron chi connectivity index (χ3n) is 3.11. The molecule has 0 radical (unpaired) electrons. The third kappa shape index (κ3) is 3.40. The van der Waals surface area contributed by atoms with Crippen LogP contribution in [0.2, 0.25) is 0 Å². The van der Waals surface area contributed by atoms with E-state index in [0.29, 0.717) is 18.8 Å². The van der Waals surface area contributed by atoms with Crippen LogP contribution >= 0.6 is 0 Å². The van der Waals surface area contributed by atoms with E-state index in [1.165, 1.54) is 0 Å². The molecule has 1 fully saturated rings. The van der Waals surface area contributed by atoms with Gasteiger partial charge in [-0.3, -0.25) is 9.59 Å². The predicted octanol–water partition coefficient (Wildman–Crippen LogP) is 1.41. The maximum atomic E-state index is 11.8. The molecule has 0 saturated carbocycles. The number of rotatable bonds is 4. The summed E-state index contributed by atoms with van der Waals surface area (Å²) in [6.07, 6.45) is 1.48. The zero-order valence-corrected chi connectivity index (χ0v) is 10.2. The Morgan fingerprint density at radius 3 is 2.50 bits per heavy atom. The second kappa shape index (κ2) is 6.31. The lowest BCUT2D eigenvalue weighted by Crippen LogP contribution is -2.37. The van der Waals surface area contributed by atoms with Crippen LogP contribution in [-0.4, -0.2) is 31.4 Å². The van der Waals surface area contributed by atoms with Crippen molar-refractivity contribution in [3.8, 4) is 0 Å². The van der Waals surface area contributed by atoms with Gasteiger partial charge in [-0.2, -0.15) is 0 Å². The van der Waals surface area contributed by atoms with Crippen LogP contribution in [0.15, 0.2) is 30.3 Å². The van der Waals surface area contributed by atoms with Crippen LogP contribution in [0, 0.1) is 5.92 Å². The van der Waals surface area contributed by atoms with Gasteiger partial charge in [0.25, 0.3) is 0 Å². The summed E-state index contributed by atoms with van der Waals surface area (Å²) in [4.78, 5) is 23.6. The summed E-state index contributed by atoms with van der Waals surface area (Å²) in [5, 5.41) is 2.71. The van der Waals surface area contributed by atoms with Crippen molar-refractivity contribution in [2.75, 3.05) is 19.8 Å². The molecule has 96 valence electrons. The summed E-state index contributed by atoms with van der Waals surface area (Å²) in [7, 11) is 0. The minimum Gasteiger partial charge on any atom is -0.381 e. The van der Waals surface area contributed by atoms with Gasteiger partial charge >= 0.3 is 0 Å². The van der Waals surface area contributed by atoms with Gasteiger partial charge in [0.2, 0.25) is 5.91 Å². The van der Waals surface area contributed by atoms with Gasteiger partial charge in [-0.25, -0.2) is 0 Å². The molecule has 0 atom stereocenters. The summed E-state index contributed by atoms with van der Waals surface area (Å²) in [6, 6.07) is 8.99. The van der Waals surface area contributed by atoms with Crippen molar-refractivity contribution in [2.45, 2.75) is 12.8 Å². The van der Waals surface area contributed by atoms with E-state index in [0.717, 1.165) is 12.8 Å². The molecule has 4 heteroatoms. The highest BCUT2D eigenvalue weighted by Crippen LogP contribution is 2.14. The molecule has 1 saturated heterocycles. The van der Waals surface area contributed by atoms with Crippen LogP contribution in [0.3, 0.4) is 0 Å². The Kier molecular flexibility index (Phi) is 4.47. The lowest BCUT2D eigenvalue weighted by Gasteiger charge is -2.20. The minimum atomic E-state index is -0.0593. The van der Waals surface area contributed by atoms with Crippen molar-refractivity contribution >= 4 is 11.7 Å². The third-order valence-corrected chi connectivity index (χ3v) is 3.11. The molecule has 1 aliphatic rings.